The lowest BCUT2D eigenvalue weighted by Gasteiger charge is -2.13. The van der Waals surface area contributed by atoms with Crippen molar-refractivity contribution in [3.63, 3.8) is 0 Å². The minimum absolute atomic E-state index is 0.0483. The summed E-state index contributed by atoms with van der Waals surface area (Å²) in [4.78, 5) is 25.1. The molecule has 0 saturated carbocycles. The van der Waals surface area contributed by atoms with E-state index in [1.54, 1.807) is 38.1 Å². The van der Waals surface area contributed by atoms with Gasteiger partial charge in [-0.2, -0.15) is 5.10 Å². The van der Waals surface area contributed by atoms with Crippen LogP contribution >= 0.6 is 11.6 Å². The van der Waals surface area contributed by atoms with E-state index in [2.05, 4.69) is 5.10 Å². The number of ether oxygens (including phenoxy) is 1. The van der Waals surface area contributed by atoms with Crippen molar-refractivity contribution in [2.24, 2.45) is 0 Å². The summed E-state index contributed by atoms with van der Waals surface area (Å²) in [5.41, 5.74) is 0.253. The zero-order valence-electron chi connectivity index (χ0n) is 14.2. The van der Waals surface area contributed by atoms with E-state index in [1.807, 2.05) is 0 Å². The maximum atomic E-state index is 13.1. The Morgan fingerprint density at radius 2 is 1.92 bits per heavy atom. The Bertz CT molecular complexity index is 1050. The molecule has 0 saturated heterocycles. The third-order valence-electron chi connectivity index (χ3n) is 3.88. The van der Waals surface area contributed by atoms with Gasteiger partial charge in [-0.25, -0.2) is 13.9 Å². The van der Waals surface area contributed by atoms with E-state index in [9.17, 15) is 14.0 Å². The number of hydrogen-bond acceptors (Lipinski definition) is 4. The summed E-state index contributed by atoms with van der Waals surface area (Å²) in [5, 5.41) is 5.17. The van der Waals surface area contributed by atoms with Crippen LogP contribution in [0.1, 0.15) is 35.9 Å². The Morgan fingerprint density at radius 1 is 1.23 bits per heavy atom. The van der Waals surface area contributed by atoms with Crippen molar-refractivity contribution in [2.75, 3.05) is 0 Å². The summed E-state index contributed by atoms with van der Waals surface area (Å²) in [6.45, 7) is 3.47. The van der Waals surface area contributed by atoms with E-state index in [4.69, 9.17) is 16.3 Å². The van der Waals surface area contributed by atoms with Gasteiger partial charge in [-0.3, -0.25) is 4.79 Å². The molecular formula is C19H16ClFN2O3. The number of nitrogens with zero attached hydrogens (tertiary/aromatic N) is 2. The number of hydrogen-bond donors (Lipinski definition) is 0. The van der Waals surface area contributed by atoms with Crippen LogP contribution in [0.15, 0.2) is 47.3 Å². The Kier molecular flexibility index (Phi) is 5.04. The number of carbonyl (C=O) groups excluding carboxylic acids is 1. The minimum Gasteiger partial charge on any atom is -0.456 e. The van der Waals surface area contributed by atoms with Crippen molar-refractivity contribution in [1.29, 1.82) is 0 Å². The molecule has 3 aromatic rings. The van der Waals surface area contributed by atoms with Gasteiger partial charge in [-0.15, -0.1) is 0 Å². The number of fused-ring (bicyclic) bond motifs is 1. The van der Waals surface area contributed by atoms with Crippen LogP contribution in [0.3, 0.4) is 0 Å². The monoisotopic (exact) mass is 374 g/mol. The highest BCUT2D eigenvalue weighted by Gasteiger charge is 2.19. The molecule has 3 rings (SSSR count). The molecule has 0 aliphatic heterocycles. The summed E-state index contributed by atoms with van der Waals surface area (Å²) in [6.07, 6.45) is 0. The second kappa shape index (κ2) is 7.25. The summed E-state index contributed by atoms with van der Waals surface area (Å²) in [5.74, 6) is -1.15. The number of rotatable bonds is 4. The molecule has 0 atom stereocenters. The molecule has 0 aliphatic carbocycles. The Hall–Kier alpha value is -2.73. The fourth-order valence-electron chi connectivity index (χ4n) is 2.56. The standard InChI is InChI=1S/C19H16ClFN2O3/c1-11(2)23-18(24)15-6-4-3-5-14(15)17(22-23)19(25)26-10-12-7-8-13(21)9-16(12)20/h3-9,11H,10H2,1-2H3. The lowest BCUT2D eigenvalue weighted by molar-refractivity contribution is 0.0465. The first-order valence-electron chi connectivity index (χ1n) is 8.01. The van der Waals surface area contributed by atoms with Crippen LogP contribution in [0.25, 0.3) is 10.8 Å². The van der Waals surface area contributed by atoms with Gasteiger partial charge in [-0.05, 0) is 32.0 Å². The summed E-state index contributed by atoms with van der Waals surface area (Å²) in [7, 11) is 0. The SMILES string of the molecule is CC(C)n1nc(C(=O)OCc2ccc(F)cc2Cl)c2ccccc2c1=O. The van der Waals surface area contributed by atoms with Gasteiger partial charge < -0.3 is 4.74 Å². The lowest BCUT2D eigenvalue weighted by atomic mass is 10.1. The molecule has 0 unspecified atom stereocenters. The van der Waals surface area contributed by atoms with E-state index < -0.39 is 11.8 Å². The predicted molar refractivity (Wildman–Crippen MR) is 96.9 cm³/mol. The van der Waals surface area contributed by atoms with E-state index in [1.165, 1.54) is 16.8 Å². The van der Waals surface area contributed by atoms with Crippen molar-refractivity contribution in [2.45, 2.75) is 26.5 Å². The molecule has 0 N–H and O–H groups in total. The number of carbonyl (C=O) groups is 1. The maximum absolute atomic E-state index is 13.1. The second-order valence-electron chi connectivity index (χ2n) is 6.05. The van der Waals surface area contributed by atoms with Crippen LogP contribution in [0, 0.1) is 5.82 Å². The molecule has 2 aromatic carbocycles. The maximum Gasteiger partial charge on any atom is 0.359 e. The largest absolute Gasteiger partial charge is 0.456 e. The van der Waals surface area contributed by atoms with Crippen LogP contribution in [-0.4, -0.2) is 15.7 Å². The molecule has 0 aliphatic rings. The molecule has 7 heteroatoms. The third-order valence-corrected chi connectivity index (χ3v) is 4.24. The van der Waals surface area contributed by atoms with E-state index in [-0.39, 0.29) is 28.9 Å². The molecule has 0 radical (unpaired) electrons. The topological polar surface area (TPSA) is 61.2 Å². The van der Waals surface area contributed by atoms with Crippen molar-refractivity contribution in [3.05, 3.63) is 74.9 Å². The summed E-state index contributed by atoms with van der Waals surface area (Å²) in [6, 6.07) is 10.4. The molecule has 1 heterocycles. The van der Waals surface area contributed by atoms with Crippen molar-refractivity contribution in [1.82, 2.24) is 9.78 Å². The molecule has 0 amide bonds. The first-order valence-corrected chi connectivity index (χ1v) is 8.39. The van der Waals surface area contributed by atoms with Gasteiger partial charge in [0.15, 0.2) is 5.69 Å². The number of aromatic nitrogens is 2. The summed E-state index contributed by atoms with van der Waals surface area (Å²) >= 11 is 5.95. The highest BCUT2D eigenvalue weighted by molar-refractivity contribution is 6.31. The van der Waals surface area contributed by atoms with Gasteiger partial charge >= 0.3 is 5.97 Å². The van der Waals surface area contributed by atoms with Crippen molar-refractivity contribution >= 4 is 28.3 Å². The Morgan fingerprint density at radius 3 is 2.58 bits per heavy atom. The zero-order chi connectivity index (χ0) is 18.8. The van der Waals surface area contributed by atoms with Crippen LogP contribution in [0.2, 0.25) is 5.02 Å². The van der Waals surface area contributed by atoms with Gasteiger partial charge in [0.1, 0.15) is 12.4 Å². The molecule has 5 nitrogen and oxygen atoms in total. The molecule has 0 fully saturated rings. The highest BCUT2D eigenvalue weighted by Crippen LogP contribution is 2.20. The number of benzene rings is 2. The zero-order valence-corrected chi connectivity index (χ0v) is 15.0. The third kappa shape index (κ3) is 3.46. The van der Waals surface area contributed by atoms with Gasteiger partial charge in [0.25, 0.3) is 5.56 Å². The second-order valence-corrected chi connectivity index (χ2v) is 6.46. The van der Waals surface area contributed by atoms with E-state index in [0.717, 1.165) is 6.07 Å². The van der Waals surface area contributed by atoms with Crippen molar-refractivity contribution < 1.29 is 13.9 Å². The average Bonchev–Trinajstić information content (AvgIpc) is 2.61. The van der Waals surface area contributed by atoms with Gasteiger partial charge in [0.2, 0.25) is 0 Å². The Balaban J connectivity index is 1.97. The molecule has 1 aromatic heterocycles. The van der Waals surface area contributed by atoms with Crippen LogP contribution in [-0.2, 0) is 11.3 Å². The number of esters is 1. The minimum atomic E-state index is -0.684. The first kappa shape index (κ1) is 18.1. The van der Waals surface area contributed by atoms with Crippen LogP contribution < -0.4 is 5.56 Å². The highest BCUT2D eigenvalue weighted by atomic mass is 35.5. The predicted octanol–water partition coefficient (Wildman–Crippen LogP) is 4.13. The molecule has 26 heavy (non-hydrogen) atoms. The fraction of sp³-hybridized carbons (Fsp3) is 0.211. The summed E-state index contributed by atoms with van der Waals surface area (Å²) < 4.78 is 19.7. The first-order chi connectivity index (χ1) is 12.4. The Labute approximate surface area is 154 Å². The fourth-order valence-corrected chi connectivity index (χ4v) is 2.78. The molecule has 0 spiro atoms. The van der Waals surface area contributed by atoms with E-state index in [0.29, 0.717) is 16.3 Å². The van der Waals surface area contributed by atoms with Gasteiger partial charge in [0.05, 0.1) is 16.5 Å². The number of halogens is 2. The van der Waals surface area contributed by atoms with Crippen LogP contribution in [0.4, 0.5) is 4.39 Å². The van der Waals surface area contributed by atoms with Crippen molar-refractivity contribution in [3.8, 4) is 0 Å². The normalized spacial score (nSPS) is 11.1. The van der Waals surface area contributed by atoms with Gasteiger partial charge in [-0.1, -0.05) is 35.9 Å². The van der Waals surface area contributed by atoms with Gasteiger partial charge in [0, 0.05) is 10.9 Å². The lowest BCUT2D eigenvalue weighted by Crippen LogP contribution is -2.27. The quantitative estimate of drug-likeness (QED) is 0.644. The van der Waals surface area contributed by atoms with E-state index >= 15 is 0 Å². The average molecular weight is 375 g/mol. The molecular weight excluding hydrogens is 359 g/mol. The van der Waals surface area contributed by atoms with Crippen LogP contribution in [0.5, 0.6) is 0 Å². The molecule has 0 bridgehead atoms. The molecule has 134 valence electrons. The smallest absolute Gasteiger partial charge is 0.359 e.